The van der Waals surface area contributed by atoms with Crippen LogP contribution in [-0.4, -0.2) is 83.2 Å². The molecule has 1 spiro atoms. The van der Waals surface area contributed by atoms with Crippen LogP contribution < -0.4 is 20.1 Å². The summed E-state index contributed by atoms with van der Waals surface area (Å²) in [5, 5.41) is 6.09. The molecule has 3 aliphatic heterocycles. The fraction of sp³-hybridized carbons (Fsp3) is 0.625. The molecule has 2 saturated carbocycles. The summed E-state index contributed by atoms with van der Waals surface area (Å²) in [6, 6.07) is -0.0839. The van der Waals surface area contributed by atoms with E-state index in [2.05, 4.69) is 20.3 Å². The number of ether oxygens (including phenoxy) is 2. The minimum atomic E-state index is -4.04. The molecule has 56 heavy (non-hydrogen) atoms. The van der Waals surface area contributed by atoms with E-state index in [1.54, 1.807) is 13.8 Å². The molecule has 0 bridgehead atoms. The van der Waals surface area contributed by atoms with Crippen molar-refractivity contribution in [1.29, 1.82) is 0 Å². The predicted molar refractivity (Wildman–Crippen MR) is 202 cm³/mol. The number of nitrogens with one attached hydrogen (secondary N) is 3. The van der Waals surface area contributed by atoms with Crippen molar-refractivity contribution in [3.8, 4) is 5.75 Å². The second-order valence-electron chi connectivity index (χ2n) is 17.0. The average molecular weight is 800 g/mol. The summed E-state index contributed by atoms with van der Waals surface area (Å²) >= 11 is 0. The number of halogens is 2. The number of allylic oxidation sites excluding steroid dienone is 1. The lowest BCUT2D eigenvalue weighted by atomic mass is 9.65. The first-order chi connectivity index (χ1) is 26.5. The van der Waals surface area contributed by atoms with Gasteiger partial charge in [0.15, 0.2) is 11.6 Å². The van der Waals surface area contributed by atoms with Crippen LogP contribution in [0.25, 0.3) is 10.9 Å². The number of fused-ring (bicyclic) bond motifs is 5. The Balaban J connectivity index is 1.25. The molecule has 5 aliphatic rings. The summed E-state index contributed by atoms with van der Waals surface area (Å²) in [7, 11) is -4.04. The average Bonchev–Trinajstić information content (AvgIpc) is 3.80. The van der Waals surface area contributed by atoms with Crippen LogP contribution in [-0.2, 0) is 35.6 Å². The molecule has 13 nitrogen and oxygen atoms in total. The van der Waals surface area contributed by atoms with Gasteiger partial charge in [-0.15, -0.1) is 0 Å². The van der Waals surface area contributed by atoms with E-state index in [1.165, 1.54) is 4.90 Å². The first kappa shape index (κ1) is 39.9. The maximum Gasteiger partial charge on any atom is 0.407 e. The first-order valence-corrected chi connectivity index (χ1v) is 21.2. The normalized spacial score (nSPS) is 28.8. The third-order valence-corrected chi connectivity index (χ3v) is 14.5. The number of benzene rings is 1. The topological polar surface area (TPSA) is 173 Å². The van der Waals surface area contributed by atoms with E-state index in [9.17, 15) is 36.4 Å². The van der Waals surface area contributed by atoms with Gasteiger partial charge >= 0.3 is 6.09 Å². The second-order valence-corrected chi connectivity index (χ2v) is 19.2. The monoisotopic (exact) mass is 799 g/mol. The SMILES string of the molecule is Cc1nc2cc(F)c(F)cc2c2c1OC1(CC2)CC2C(=O)NC3(C(=O)NS(=O)(=O)C4(C)CC4)CCC3C=CCCCCCC(NC(=O)OCC(C)C)C(=O)N2C1. The molecule has 3 N–H and O–H groups in total. The number of amides is 4. The predicted octanol–water partition coefficient (Wildman–Crippen LogP) is 5.02. The lowest BCUT2D eigenvalue weighted by Gasteiger charge is -2.48. The first-order valence-electron chi connectivity index (χ1n) is 19.7. The lowest BCUT2D eigenvalue weighted by Crippen LogP contribution is -2.70. The molecule has 3 fully saturated rings. The number of sulfonamides is 1. The molecule has 16 heteroatoms. The van der Waals surface area contributed by atoms with Gasteiger partial charge < -0.3 is 25.0 Å². The highest BCUT2D eigenvalue weighted by atomic mass is 32.2. The van der Waals surface area contributed by atoms with E-state index >= 15 is 0 Å². The number of nitrogens with zero attached hydrogens (tertiary/aromatic N) is 2. The van der Waals surface area contributed by atoms with Gasteiger partial charge in [0, 0.05) is 29.4 Å². The van der Waals surface area contributed by atoms with Gasteiger partial charge in [0.2, 0.25) is 21.8 Å². The van der Waals surface area contributed by atoms with Crippen LogP contribution in [0.4, 0.5) is 13.6 Å². The smallest absolute Gasteiger partial charge is 0.407 e. The maximum absolute atomic E-state index is 14.7. The standard InChI is InChI=1S/C40H51F2N5O8S/c1-23(2)21-54-37(51)44-30-11-9-7-5-6-8-10-25-12-15-40(25,36(50)46-56(52,53)38(4)16-17-38)45-34(48)32-20-39(22-47(32)35(30)49)14-13-26-27-18-28(41)29(42)19-31(27)43-24(3)33(26)55-39/h8,10,18-19,23,25,30,32H,5-7,9,11-17,20-22H2,1-4H3,(H,44,51)(H,45,48)(H,46,50). The highest BCUT2D eigenvalue weighted by molar-refractivity contribution is 7.91. The van der Waals surface area contributed by atoms with Crippen LogP contribution >= 0.6 is 0 Å². The minimum absolute atomic E-state index is 0.00163. The van der Waals surface area contributed by atoms with E-state index in [0.717, 1.165) is 25.0 Å². The second kappa shape index (κ2) is 14.9. The Bertz CT molecular complexity index is 2090. The Kier molecular flexibility index (Phi) is 10.6. The number of aryl methyl sites for hydroxylation is 2. The Morgan fingerprint density at radius 2 is 1.84 bits per heavy atom. The van der Waals surface area contributed by atoms with Crippen LogP contribution in [0.1, 0.15) is 103 Å². The Labute approximate surface area is 325 Å². The van der Waals surface area contributed by atoms with Gasteiger partial charge in [0.1, 0.15) is 29.0 Å². The maximum atomic E-state index is 14.7. The summed E-state index contributed by atoms with van der Waals surface area (Å²) in [6.45, 7) is 7.13. The van der Waals surface area contributed by atoms with Gasteiger partial charge in [-0.05, 0) is 83.6 Å². The van der Waals surface area contributed by atoms with Crippen LogP contribution in [0.2, 0.25) is 0 Å². The van der Waals surface area contributed by atoms with Gasteiger partial charge in [-0.2, -0.15) is 0 Å². The van der Waals surface area contributed by atoms with Crippen molar-refractivity contribution in [3.05, 3.63) is 47.2 Å². The number of hydrogen-bond acceptors (Lipinski definition) is 9. The molecule has 1 saturated heterocycles. The van der Waals surface area contributed by atoms with Crippen molar-refractivity contribution < 1.29 is 45.9 Å². The molecule has 4 heterocycles. The third-order valence-electron chi connectivity index (χ3n) is 12.3. The molecule has 4 amide bonds. The van der Waals surface area contributed by atoms with Gasteiger partial charge in [-0.3, -0.25) is 19.1 Å². The molecular weight excluding hydrogens is 749 g/mol. The van der Waals surface area contributed by atoms with Crippen molar-refractivity contribution in [1.82, 2.24) is 25.2 Å². The number of pyridine rings is 1. The van der Waals surface area contributed by atoms with Crippen molar-refractivity contribution in [2.75, 3.05) is 13.2 Å². The number of carbonyl (C=O) groups excluding carboxylic acids is 4. The van der Waals surface area contributed by atoms with Crippen LogP contribution in [0.5, 0.6) is 5.75 Å². The van der Waals surface area contributed by atoms with E-state index in [0.29, 0.717) is 67.3 Å². The largest absolute Gasteiger partial charge is 0.483 e. The fourth-order valence-electron chi connectivity index (χ4n) is 8.49. The molecule has 5 unspecified atom stereocenters. The number of alkyl carbamates (subject to hydrolysis) is 1. The van der Waals surface area contributed by atoms with Crippen LogP contribution in [0.3, 0.4) is 0 Å². The summed E-state index contributed by atoms with van der Waals surface area (Å²) in [6.07, 6.45) is 8.30. The quantitative estimate of drug-likeness (QED) is 0.340. The van der Waals surface area contributed by atoms with E-state index in [1.807, 2.05) is 26.0 Å². The fourth-order valence-corrected chi connectivity index (χ4v) is 9.80. The number of aromatic nitrogens is 1. The molecule has 304 valence electrons. The molecule has 2 aromatic rings. The summed E-state index contributed by atoms with van der Waals surface area (Å²) in [5.41, 5.74) is -1.38. The highest BCUT2D eigenvalue weighted by Crippen LogP contribution is 2.47. The summed E-state index contributed by atoms with van der Waals surface area (Å²) in [4.78, 5) is 62.4. The van der Waals surface area contributed by atoms with Gasteiger partial charge in [0.25, 0.3) is 5.91 Å². The van der Waals surface area contributed by atoms with Gasteiger partial charge in [0.05, 0.1) is 29.1 Å². The van der Waals surface area contributed by atoms with Crippen molar-refractivity contribution >= 4 is 44.7 Å². The van der Waals surface area contributed by atoms with E-state index in [4.69, 9.17) is 9.47 Å². The summed E-state index contributed by atoms with van der Waals surface area (Å²) in [5.74, 6) is -4.12. The molecular formula is C40H51F2N5O8S. The van der Waals surface area contributed by atoms with Crippen molar-refractivity contribution in [2.24, 2.45) is 11.8 Å². The summed E-state index contributed by atoms with van der Waals surface area (Å²) < 4.78 is 68.5. The van der Waals surface area contributed by atoms with Gasteiger partial charge in [-0.25, -0.2) is 27.0 Å². The van der Waals surface area contributed by atoms with Gasteiger partial charge in [-0.1, -0.05) is 38.8 Å². The zero-order valence-corrected chi connectivity index (χ0v) is 33.2. The molecule has 0 radical (unpaired) electrons. The lowest BCUT2D eigenvalue weighted by molar-refractivity contribution is -0.144. The third kappa shape index (κ3) is 7.45. The van der Waals surface area contributed by atoms with Crippen LogP contribution in [0, 0.1) is 30.4 Å². The number of carbonyl (C=O) groups is 4. The van der Waals surface area contributed by atoms with E-state index in [-0.39, 0.29) is 43.8 Å². The van der Waals surface area contributed by atoms with Crippen molar-refractivity contribution in [2.45, 2.75) is 133 Å². The minimum Gasteiger partial charge on any atom is -0.483 e. The molecule has 7 rings (SSSR count). The molecule has 5 atom stereocenters. The van der Waals surface area contributed by atoms with E-state index < -0.39 is 79.4 Å². The Hall–Kier alpha value is -4.34. The zero-order chi connectivity index (χ0) is 40.2. The molecule has 2 aliphatic carbocycles. The number of rotatable bonds is 6. The Morgan fingerprint density at radius 1 is 1.09 bits per heavy atom. The molecule has 1 aromatic heterocycles. The highest BCUT2D eigenvalue weighted by Gasteiger charge is 2.59. The van der Waals surface area contributed by atoms with Crippen LogP contribution in [0.15, 0.2) is 24.3 Å². The molecule has 1 aromatic carbocycles. The van der Waals surface area contributed by atoms with Crippen molar-refractivity contribution in [3.63, 3.8) is 0 Å². The number of hydrogen-bond donors (Lipinski definition) is 3. The zero-order valence-electron chi connectivity index (χ0n) is 32.3. The Morgan fingerprint density at radius 3 is 2.54 bits per heavy atom.